The molecular formula is C24H32N4O2S. The summed E-state index contributed by atoms with van der Waals surface area (Å²) >= 11 is 1.74. The smallest absolute Gasteiger partial charge is 0.253 e. The molecule has 1 aliphatic heterocycles. The van der Waals surface area contributed by atoms with Gasteiger partial charge in [0, 0.05) is 67.9 Å². The lowest BCUT2D eigenvalue weighted by Crippen LogP contribution is -2.42. The van der Waals surface area contributed by atoms with Crippen LogP contribution in [0, 0.1) is 0 Å². The number of benzene rings is 1. The monoisotopic (exact) mass is 440 g/mol. The molecular weight excluding hydrogens is 408 g/mol. The van der Waals surface area contributed by atoms with E-state index in [0.29, 0.717) is 13.1 Å². The number of thioether (sulfide) groups is 1. The van der Waals surface area contributed by atoms with Crippen molar-refractivity contribution in [1.29, 1.82) is 0 Å². The van der Waals surface area contributed by atoms with Gasteiger partial charge in [0.2, 0.25) is 5.91 Å². The molecule has 0 bridgehead atoms. The molecule has 0 radical (unpaired) electrons. The van der Waals surface area contributed by atoms with Gasteiger partial charge >= 0.3 is 0 Å². The fourth-order valence-corrected chi connectivity index (χ4v) is 4.56. The molecule has 2 aromatic rings. The first kappa shape index (κ1) is 23.3. The number of amides is 2. The normalized spacial score (nSPS) is 14.8. The van der Waals surface area contributed by atoms with Gasteiger partial charge in [0.05, 0.1) is 6.54 Å². The van der Waals surface area contributed by atoms with Gasteiger partial charge in [0.15, 0.2) is 0 Å². The van der Waals surface area contributed by atoms with Gasteiger partial charge in [-0.3, -0.25) is 19.5 Å². The molecule has 1 aromatic carbocycles. The molecule has 0 atom stereocenters. The van der Waals surface area contributed by atoms with Crippen LogP contribution >= 0.6 is 11.8 Å². The summed E-state index contributed by atoms with van der Waals surface area (Å²) in [6, 6.07) is 11.9. The highest BCUT2D eigenvalue weighted by Crippen LogP contribution is 2.23. The second-order valence-electron chi connectivity index (χ2n) is 7.66. The number of carbonyl (C=O) groups is 2. The van der Waals surface area contributed by atoms with Crippen LogP contribution in [0.25, 0.3) is 0 Å². The average Bonchev–Trinajstić information content (AvgIpc) is 3.04. The number of hydrogen-bond acceptors (Lipinski definition) is 5. The first-order chi connectivity index (χ1) is 15.1. The molecule has 0 N–H and O–H groups in total. The summed E-state index contributed by atoms with van der Waals surface area (Å²) < 4.78 is 0. The Bertz CT molecular complexity index is 840. The van der Waals surface area contributed by atoms with Crippen LogP contribution in [0.3, 0.4) is 0 Å². The van der Waals surface area contributed by atoms with E-state index in [2.05, 4.69) is 16.0 Å². The van der Waals surface area contributed by atoms with Crippen LogP contribution in [0.2, 0.25) is 0 Å². The van der Waals surface area contributed by atoms with Crippen LogP contribution in [0.1, 0.15) is 36.2 Å². The summed E-state index contributed by atoms with van der Waals surface area (Å²) in [7, 11) is 0. The molecule has 0 unspecified atom stereocenters. The maximum absolute atomic E-state index is 13.0. The number of rotatable bonds is 8. The van der Waals surface area contributed by atoms with Crippen molar-refractivity contribution in [2.24, 2.45) is 0 Å². The fraction of sp³-hybridized carbons (Fsp3) is 0.458. The molecule has 1 fully saturated rings. The van der Waals surface area contributed by atoms with Crippen LogP contribution < -0.4 is 0 Å². The lowest BCUT2D eigenvalue weighted by Gasteiger charge is -2.25. The maximum Gasteiger partial charge on any atom is 0.253 e. The Balaban J connectivity index is 1.51. The van der Waals surface area contributed by atoms with E-state index in [-0.39, 0.29) is 11.8 Å². The summed E-state index contributed by atoms with van der Waals surface area (Å²) in [5.41, 5.74) is 1.90. The third-order valence-electron chi connectivity index (χ3n) is 5.58. The van der Waals surface area contributed by atoms with Gasteiger partial charge in [0.1, 0.15) is 0 Å². The van der Waals surface area contributed by atoms with Crippen molar-refractivity contribution in [3.8, 4) is 0 Å². The van der Waals surface area contributed by atoms with E-state index < -0.39 is 0 Å². The number of hydrogen-bond donors (Lipinski definition) is 0. The fourth-order valence-electron chi connectivity index (χ4n) is 3.73. The lowest BCUT2D eigenvalue weighted by atomic mass is 10.2. The van der Waals surface area contributed by atoms with Crippen molar-refractivity contribution in [1.82, 2.24) is 19.7 Å². The standard InChI is InChI=1S/C24H32N4O2S/c1-3-27(4-2)23(29)18-26-13-6-14-28(16-15-26)24(30)21-8-10-22(11-9-21)31-19-20-7-5-12-25-17-20/h5,7-12,17H,3-4,6,13-16,18-19H2,1-2H3. The number of nitrogens with zero attached hydrogens (tertiary/aromatic N) is 4. The predicted octanol–water partition coefficient (Wildman–Crippen LogP) is 3.39. The Hall–Kier alpha value is -2.38. The SMILES string of the molecule is CCN(CC)C(=O)CN1CCCN(C(=O)c2ccc(SCc3cccnc3)cc2)CC1. The first-order valence-electron chi connectivity index (χ1n) is 11.0. The van der Waals surface area contributed by atoms with E-state index in [1.54, 1.807) is 18.0 Å². The van der Waals surface area contributed by atoms with Gasteiger partial charge < -0.3 is 9.80 Å². The zero-order valence-electron chi connectivity index (χ0n) is 18.5. The molecule has 3 rings (SSSR count). The van der Waals surface area contributed by atoms with Gasteiger partial charge in [0.25, 0.3) is 5.91 Å². The maximum atomic E-state index is 13.0. The van der Waals surface area contributed by atoms with Crippen LogP contribution in [0.4, 0.5) is 0 Å². The van der Waals surface area contributed by atoms with Gasteiger partial charge in [-0.15, -0.1) is 11.8 Å². The molecule has 6 nitrogen and oxygen atoms in total. The van der Waals surface area contributed by atoms with Gasteiger partial charge in [-0.25, -0.2) is 0 Å². The van der Waals surface area contributed by atoms with Crippen molar-refractivity contribution in [3.05, 3.63) is 59.9 Å². The van der Waals surface area contributed by atoms with Crippen LogP contribution in [-0.2, 0) is 10.5 Å². The van der Waals surface area contributed by atoms with Gasteiger partial charge in [-0.1, -0.05) is 6.07 Å². The Kier molecular flexibility index (Phi) is 8.91. The molecule has 1 aromatic heterocycles. The van der Waals surface area contributed by atoms with Crippen LogP contribution in [0.5, 0.6) is 0 Å². The third kappa shape index (κ3) is 6.80. The number of likely N-dealkylation sites (N-methyl/N-ethyl adjacent to an activating group) is 1. The minimum absolute atomic E-state index is 0.0701. The topological polar surface area (TPSA) is 56.8 Å². The zero-order chi connectivity index (χ0) is 22.1. The molecule has 1 aliphatic rings. The Morgan fingerprint density at radius 1 is 1.03 bits per heavy atom. The van der Waals surface area contributed by atoms with Crippen molar-refractivity contribution in [2.75, 3.05) is 45.8 Å². The number of pyridine rings is 1. The van der Waals surface area contributed by atoms with Crippen molar-refractivity contribution in [2.45, 2.75) is 30.9 Å². The van der Waals surface area contributed by atoms with Crippen molar-refractivity contribution < 1.29 is 9.59 Å². The molecule has 2 amide bonds. The first-order valence-corrected chi connectivity index (χ1v) is 12.0. The Morgan fingerprint density at radius 3 is 2.48 bits per heavy atom. The molecule has 1 saturated heterocycles. The number of carbonyl (C=O) groups excluding carboxylic acids is 2. The molecule has 0 spiro atoms. The summed E-state index contributed by atoms with van der Waals surface area (Å²) in [5.74, 6) is 1.10. The van der Waals surface area contributed by atoms with E-state index in [9.17, 15) is 9.59 Å². The van der Waals surface area contributed by atoms with E-state index >= 15 is 0 Å². The van der Waals surface area contributed by atoms with E-state index in [1.807, 2.05) is 60.2 Å². The van der Waals surface area contributed by atoms with Gasteiger partial charge in [-0.05, 0) is 56.2 Å². The minimum atomic E-state index is 0.0701. The second kappa shape index (κ2) is 11.9. The van der Waals surface area contributed by atoms with E-state index in [4.69, 9.17) is 0 Å². The second-order valence-corrected chi connectivity index (χ2v) is 8.71. The van der Waals surface area contributed by atoms with E-state index in [0.717, 1.165) is 55.4 Å². The van der Waals surface area contributed by atoms with E-state index in [1.165, 1.54) is 5.56 Å². The van der Waals surface area contributed by atoms with Crippen LogP contribution in [-0.4, -0.2) is 77.3 Å². The molecule has 166 valence electrons. The molecule has 31 heavy (non-hydrogen) atoms. The van der Waals surface area contributed by atoms with Crippen molar-refractivity contribution in [3.63, 3.8) is 0 Å². The molecule has 0 aliphatic carbocycles. The molecule has 0 saturated carbocycles. The summed E-state index contributed by atoms with van der Waals surface area (Å²) in [6.07, 6.45) is 4.54. The highest BCUT2D eigenvalue weighted by Gasteiger charge is 2.22. The largest absolute Gasteiger partial charge is 0.342 e. The summed E-state index contributed by atoms with van der Waals surface area (Å²) in [5, 5.41) is 0. The average molecular weight is 441 g/mol. The quantitative estimate of drug-likeness (QED) is 0.589. The Labute approximate surface area is 189 Å². The number of aromatic nitrogens is 1. The lowest BCUT2D eigenvalue weighted by molar-refractivity contribution is -0.132. The third-order valence-corrected chi connectivity index (χ3v) is 6.66. The van der Waals surface area contributed by atoms with Gasteiger partial charge in [-0.2, -0.15) is 0 Å². The highest BCUT2D eigenvalue weighted by molar-refractivity contribution is 7.98. The molecule has 7 heteroatoms. The predicted molar refractivity (Wildman–Crippen MR) is 125 cm³/mol. The molecule has 2 heterocycles. The summed E-state index contributed by atoms with van der Waals surface area (Å²) in [4.78, 5) is 36.6. The summed E-state index contributed by atoms with van der Waals surface area (Å²) in [6.45, 7) is 8.90. The van der Waals surface area contributed by atoms with Crippen molar-refractivity contribution >= 4 is 23.6 Å². The van der Waals surface area contributed by atoms with Crippen LogP contribution in [0.15, 0.2) is 53.7 Å². The highest BCUT2D eigenvalue weighted by atomic mass is 32.2. The Morgan fingerprint density at radius 2 is 1.81 bits per heavy atom. The zero-order valence-corrected chi connectivity index (χ0v) is 19.3. The minimum Gasteiger partial charge on any atom is -0.342 e.